The number of nitrogens with zero attached hydrogens (tertiary/aromatic N) is 1. The first-order valence-electron chi connectivity index (χ1n) is 16.0. The number of thiophene rings is 1. The summed E-state index contributed by atoms with van der Waals surface area (Å²) in [5.74, 6) is 0. The Labute approximate surface area is 278 Å². The fraction of sp³-hybridized carbons (Fsp3) is 0. The molecule has 47 heavy (non-hydrogen) atoms. The second-order valence-corrected chi connectivity index (χ2v) is 13.0. The van der Waals surface area contributed by atoms with Gasteiger partial charge in [0.05, 0.1) is 11.4 Å². The van der Waals surface area contributed by atoms with Crippen molar-refractivity contribution in [2.75, 3.05) is 0 Å². The molecule has 7 aromatic carbocycles. The van der Waals surface area contributed by atoms with Crippen LogP contribution >= 0.6 is 11.3 Å². The molecule has 0 aliphatic carbocycles. The summed E-state index contributed by atoms with van der Waals surface area (Å²) >= 11 is 1.90. The van der Waals surface area contributed by atoms with E-state index in [-0.39, 0.29) is 0 Å². The lowest BCUT2D eigenvalue weighted by atomic mass is 9.88. The van der Waals surface area contributed by atoms with Gasteiger partial charge in [-0.3, -0.25) is 0 Å². The third kappa shape index (κ3) is 4.82. The molecule has 220 valence electrons. The van der Waals surface area contributed by atoms with E-state index in [1.807, 2.05) is 23.5 Å². The van der Waals surface area contributed by atoms with Gasteiger partial charge >= 0.3 is 0 Å². The Bertz CT molecular complexity index is 2470. The smallest absolute Gasteiger partial charge is 0.0715 e. The molecule has 0 atom stereocenters. The summed E-state index contributed by atoms with van der Waals surface area (Å²) in [4.78, 5) is 5.09. The van der Waals surface area contributed by atoms with Crippen LogP contribution in [0.2, 0.25) is 0 Å². The van der Waals surface area contributed by atoms with E-state index >= 15 is 0 Å². The second kappa shape index (κ2) is 11.5. The molecule has 9 aromatic rings. The van der Waals surface area contributed by atoms with Crippen molar-refractivity contribution in [2.24, 2.45) is 0 Å². The maximum absolute atomic E-state index is 5.09. The summed E-state index contributed by atoms with van der Waals surface area (Å²) in [7, 11) is 0. The van der Waals surface area contributed by atoms with Gasteiger partial charge in [-0.15, -0.1) is 11.3 Å². The van der Waals surface area contributed by atoms with Crippen molar-refractivity contribution in [1.29, 1.82) is 0 Å². The van der Waals surface area contributed by atoms with E-state index < -0.39 is 0 Å². The second-order valence-electron chi connectivity index (χ2n) is 11.9. The van der Waals surface area contributed by atoms with Gasteiger partial charge in [-0.25, -0.2) is 4.98 Å². The highest BCUT2D eigenvalue weighted by molar-refractivity contribution is 7.26. The van der Waals surface area contributed by atoms with Crippen molar-refractivity contribution in [2.45, 2.75) is 0 Å². The molecule has 0 radical (unpaired) electrons. The molecule has 0 N–H and O–H groups in total. The number of pyridine rings is 1. The third-order valence-corrected chi connectivity index (χ3v) is 10.3. The highest BCUT2D eigenvalue weighted by Gasteiger charge is 2.20. The summed E-state index contributed by atoms with van der Waals surface area (Å²) in [6.45, 7) is 0. The molecular weight excluding hydrogens is 587 g/mol. The third-order valence-electron chi connectivity index (χ3n) is 9.07. The normalized spacial score (nSPS) is 11.4. The number of hydrogen-bond acceptors (Lipinski definition) is 2. The zero-order valence-electron chi connectivity index (χ0n) is 25.6. The predicted octanol–water partition coefficient (Wildman–Crippen LogP) is 12.9. The summed E-state index contributed by atoms with van der Waals surface area (Å²) in [6.07, 6.45) is 0. The number of aromatic nitrogens is 1. The maximum Gasteiger partial charge on any atom is 0.0715 e. The molecule has 0 bridgehead atoms. The van der Waals surface area contributed by atoms with Crippen LogP contribution in [-0.2, 0) is 0 Å². The number of hydrogen-bond donors (Lipinski definition) is 0. The van der Waals surface area contributed by atoms with Crippen LogP contribution in [0.25, 0.3) is 86.8 Å². The molecule has 0 fully saturated rings. The van der Waals surface area contributed by atoms with Gasteiger partial charge in [0, 0.05) is 36.9 Å². The maximum atomic E-state index is 5.09. The van der Waals surface area contributed by atoms with Crippen molar-refractivity contribution in [3.8, 4) is 55.9 Å². The SMILES string of the molecule is c1ccc(-c2cc(-c3ccc(-c4c5ccccc5c(-c5ccccc5)c5sc6ccccc6c45)cc3)cc(-c3ccccc3)n2)cc1. The van der Waals surface area contributed by atoms with Crippen molar-refractivity contribution in [3.63, 3.8) is 0 Å². The van der Waals surface area contributed by atoms with Crippen LogP contribution in [0.5, 0.6) is 0 Å². The fourth-order valence-corrected chi connectivity index (χ4v) is 8.17. The first-order chi connectivity index (χ1) is 23.3. The number of benzene rings is 7. The topological polar surface area (TPSA) is 12.9 Å². The fourth-order valence-electron chi connectivity index (χ4n) is 6.88. The van der Waals surface area contributed by atoms with Crippen LogP contribution in [0.3, 0.4) is 0 Å². The van der Waals surface area contributed by atoms with Gasteiger partial charge in [0.2, 0.25) is 0 Å². The lowest BCUT2D eigenvalue weighted by molar-refractivity contribution is 1.32. The van der Waals surface area contributed by atoms with Crippen LogP contribution in [-0.4, -0.2) is 4.98 Å². The van der Waals surface area contributed by atoms with Gasteiger partial charge in [-0.05, 0) is 56.8 Å². The van der Waals surface area contributed by atoms with Gasteiger partial charge in [-0.2, -0.15) is 0 Å². The molecule has 0 unspecified atom stereocenters. The molecule has 2 heterocycles. The Hall–Kier alpha value is -5.83. The monoisotopic (exact) mass is 615 g/mol. The number of fused-ring (bicyclic) bond motifs is 4. The highest BCUT2D eigenvalue weighted by Crippen LogP contribution is 2.49. The van der Waals surface area contributed by atoms with Crippen LogP contribution < -0.4 is 0 Å². The lowest BCUT2D eigenvalue weighted by Gasteiger charge is -2.16. The van der Waals surface area contributed by atoms with Crippen LogP contribution in [0.1, 0.15) is 0 Å². The van der Waals surface area contributed by atoms with Gasteiger partial charge in [0.15, 0.2) is 0 Å². The van der Waals surface area contributed by atoms with Crippen LogP contribution in [0, 0.1) is 0 Å². The molecule has 2 aromatic heterocycles. The van der Waals surface area contributed by atoms with E-state index in [2.05, 4.69) is 164 Å². The van der Waals surface area contributed by atoms with Gasteiger partial charge in [-0.1, -0.05) is 158 Å². The molecule has 0 aliphatic rings. The first-order valence-corrected chi connectivity index (χ1v) is 16.8. The minimum Gasteiger partial charge on any atom is -0.248 e. The molecule has 0 amide bonds. The Balaban J connectivity index is 1.26. The summed E-state index contributed by atoms with van der Waals surface area (Å²) < 4.78 is 2.65. The summed E-state index contributed by atoms with van der Waals surface area (Å²) in [5.41, 5.74) is 11.6. The molecule has 1 nitrogen and oxygen atoms in total. The molecule has 0 spiro atoms. The van der Waals surface area contributed by atoms with Crippen LogP contribution in [0.15, 0.2) is 176 Å². The van der Waals surface area contributed by atoms with E-state index in [0.29, 0.717) is 0 Å². The Morgan fingerprint density at radius 3 is 1.38 bits per heavy atom. The van der Waals surface area contributed by atoms with Crippen molar-refractivity contribution >= 4 is 42.3 Å². The van der Waals surface area contributed by atoms with Gasteiger partial charge in [0.25, 0.3) is 0 Å². The Kier molecular flexibility index (Phi) is 6.73. The Morgan fingerprint density at radius 2 is 0.787 bits per heavy atom. The molecular formula is C45H29NS. The minimum absolute atomic E-state index is 0.972. The van der Waals surface area contributed by atoms with Crippen molar-refractivity contribution in [1.82, 2.24) is 4.98 Å². The molecule has 9 rings (SSSR count). The van der Waals surface area contributed by atoms with Crippen molar-refractivity contribution in [3.05, 3.63) is 176 Å². The molecule has 2 heteroatoms. The molecule has 0 saturated carbocycles. The zero-order valence-corrected chi connectivity index (χ0v) is 26.4. The van der Waals surface area contributed by atoms with Gasteiger partial charge in [0.1, 0.15) is 0 Å². The average Bonchev–Trinajstić information content (AvgIpc) is 3.53. The summed E-state index contributed by atoms with van der Waals surface area (Å²) in [6, 6.07) is 63.1. The lowest BCUT2D eigenvalue weighted by Crippen LogP contribution is -1.91. The minimum atomic E-state index is 0.972. The standard InChI is InChI=1S/C45H29NS/c1-4-14-31(15-5-1)39-28-35(29-40(46-39)32-16-6-2-7-17-32)30-24-26-34(27-25-30)42-36-20-10-11-21-37(36)43(33-18-8-3-9-19-33)45-44(42)38-22-12-13-23-41(38)47-45/h1-29H. The van der Waals surface area contributed by atoms with E-state index in [1.165, 1.54) is 58.8 Å². The quantitative estimate of drug-likeness (QED) is 0.188. The summed E-state index contributed by atoms with van der Waals surface area (Å²) in [5, 5.41) is 5.20. The van der Waals surface area contributed by atoms with E-state index in [1.54, 1.807) is 0 Å². The average molecular weight is 616 g/mol. The predicted molar refractivity (Wildman–Crippen MR) is 202 cm³/mol. The largest absolute Gasteiger partial charge is 0.248 e. The zero-order chi connectivity index (χ0) is 31.2. The van der Waals surface area contributed by atoms with Crippen molar-refractivity contribution < 1.29 is 0 Å². The molecule has 0 aliphatic heterocycles. The van der Waals surface area contributed by atoms with Crippen LogP contribution in [0.4, 0.5) is 0 Å². The Morgan fingerprint density at radius 1 is 0.340 bits per heavy atom. The molecule has 0 saturated heterocycles. The van der Waals surface area contributed by atoms with Gasteiger partial charge < -0.3 is 0 Å². The highest BCUT2D eigenvalue weighted by atomic mass is 32.1. The first kappa shape index (κ1) is 27.5. The van der Waals surface area contributed by atoms with E-state index in [9.17, 15) is 0 Å². The van der Waals surface area contributed by atoms with E-state index in [4.69, 9.17) is 4.98 Å². The number of rotatable bonds is 5. The van der Waals surface area contributed by atoms with E-state index in [0.717, 1.165) is 28.1 Å².